The van der Waals surface area contributed by atoms with Crippen molar-refractivity contribution < 1.29 is 4.79 Å². The molecule has 3 nitrogen and oxygen atoms in total. The third-order valence-electron chi connectivity index (χ3n) is 4.34. The number of hydrogen-bond acceptors (Lipinski definition) is 3. The Bertz CT molecular complexity index is 469. The average molecular weight is 316 g/mol. The summed E-state index contributed by atoms with van der Waals surface area (Å²) in [6.07, 6.45) is 13.4. The Morgan fingerprint density at radius 1 is 1.13 bits per heavy atom. The number of nitrogens with one attached hydrogen (secondary N) is 1. The highest BCUT2D eigenvalue weighted by atomic mass is 16.1. The summed E-state index contributed by atoms with van der Waals surface area (Å²) in [5, 5.41) is 12.9. The highest BCUT2D eigenvalue weighted by Gasteiger charge is 2.17. The van der Waals surface area contributed by atoms with Crippen LogP contribution in [0.15, 0.2) is 22.9 Å². The van der Waals surface area contributed by atoms with Gasteiger partial charge in [-0.1, -0.05) is 46.0 Å². The number of hydrogen-bond donors (Lipinski definition) is 1. The first-order valence-corrected chi connectivity index (χ1v) is 9.33. The van der Waals surface area contributed by atoms with E-state index in [1.54, 1.807) is 0 Å². The monoisotopic (exact) mass is 316 g/mol. The van der Waals surface area contributed by atoms with Crippen molar-refractivity contribution in [2.45, 2.75) is 84.5 Å². The number of Topliss-reactive ketones (excluding diaryl/α,β-unsaturated/α-hetero) is 1. The lowest BCUT2D eigenvalue weighted by Gasteiger charge is -2.18. The lowest BCUT2D eigenvalue weighted by molar-refractivity contribution is -0.115. The molecule has 0 radical (unpaired) electrons. The molecule has 0 heterocycles. The largest absolute Gasteiger partial charge is 0.388 e. The van der Waals surface area contributed by atoms with E-state index in [1.165, 1.54) is 25.0 Å². The standard InChI is InChI=1S/C20H32N2O/c1-3-5-7-8-13-20(23)19(16-21)17-11-10-12-18(15-17)22-14-9-6-4-2/h15,22H,3-14H2,1-2H3/b19-17-. The van der Waals surface area contributed by atoms with Crippen LogP contribution in [0.4, 0.5) is 0 Å². The van der Waals surface area contributed by atoms with Crippen LogP contribution in [-0.2, 0) is 4.79 Å². The first-order valence-electron chi connectivity index (χ1n) is 9.33. The van der Waals surface area contributed by atoms with Crippen molar-refractivity contribution in [3.05, 3.63) is 22.9 Å². The van der Waals surface area contributed by atoms with E-state index in [-0.39, 0.29) is 5.78 Å². The van der Waals surface area contributed by atoms with Gasteiger partial charge in [-0.05, 0) is 43.8 Å². The molecule has 128 valence electrons. The predicted octanol–water partition coefficient (Wildman–Crippen LogP) is 5.19. The Kier molecular flexibility index (Phi) is 10.1. The Labute approximate surface area is 141 Å². The van der Waals surface area contributed by atoms with Gasteiger partial charge in [0.05, 0.1) is 5.57 Å². The van der Waals surface area contributed by atoms with Crippen LogP contribution >= 0.6 is 0 Å². The van der Waals surface area contributed by atoms with E-state index >= 15 is 0 Å². The highest BCUT2D eigenvalue weighted by Crippen LogP contribution is 2.25. The predicted molar refractivity (Wildman–Crippen MR) is 95.9 cm³/mol. The minimum atomic E-state index is 0.0297. The van der Waals surface area contributed by atoms with E-state index in [0.717, 1.165) is 57.1 Å². The number of carbonyl (C=O) groups excluding carboxylic acids is 1. The zero-order valence-electron chi connectivity index (χ0n) is 14.9. The number of nitriles is 1. The molecule has 0 spiro atoms. The van der Waals surface area contributed by atoms with Crippen LogP contribution < -0.4 is 5.32 Å². The van der Waals surface area contributed by atoms with Gasteiger partial charge in [0.25, 0.3) is 0 Å². The van der Waals surface area contributed by atoms with Gasteiger partial charge in [0.15, 0.2) is 5.78 Å². The van der Waals surface area contributed by atoms with Crippen LogP contribution in [0, 0.1) is 11.3 Å². The number of unbranched alkanes of at least 4 members (excludes halogenated alkanes) is 5. The highest BCUT2D eigenvalue weighted by molar-refractivity contribution is 6.00. The number of ketones is 1. The summed E-state index contributed by atoms with van der Waals surface area (Å²) in [6, 6.07) is 2.17. The van der Waals surface area contributed by atoms with Crippen LogP contribution in [0.2, 0.25) is 0 Å². The van der Waals surface area contributed by atoms with Gasteiger partial charge in [-0.25, -0.2) is 0 Å². The molecular weight excluding hydrogens is 284 g/mol. The van der Waals surface area contributed by atoms with Crippen molar-refractivity contribution in [3.8, 4) is 6.07 Å². The summed E-state index contributed by atoms with van der Waals surface area (Å²) < 4.78 is 0. The van der Waals surface area contributed by atoms with Crippen LogP contribution in [0.25, 0.3) is 0 Å². The van der Waals surface area contributed by atoms with Gasteiger partial charge >= 0.3 is 0 Å². The lowest BCUT2D eigenvalue weighted by Crippen LogP contribution is -2.17. The lowest BCUT2D eigenvalue weighted by atomic mass is 9.92. The molecule has 0 fully saturated rings. The second-order valence-corrected chi connectivity index (χ2v) is 6.40. The van der Waals surface area contributed by atoms with Crippen LogP contribution in [0.1, 0.15) is 84.5 Å². The van der Waals surface area contributed by atoms with Crippen molar-refractivity contribution in [1.29, 1.82) is 5.26 Å². The second-order valence-electron chi connectivity index (χ2n) is 6.40. The smallest absolute Gasteiger partial charge is 0.173 e. The summed E-state index contributed by atoms with van der Waals surface area (Å²) in [6.45, 7) is 5.35. The molecule has 1 aliphatic rings. The van der Waals surface area contributed by atoms with Gasteiger partial charge in [-0.2, -0.15) is 5.26 Å². The van der Waals surface area contributed by atoms with Crippen molar-refractivity contribution in [3.63, 3.8) is 0 Å². The molecule has 0 saturated carbocycles. The molecule has 0 atom stereocenters. The Hall–Kier alpha value is -1.56. The molecule has 0 aliphatic heterocycles. The Morgan fingerprint density at radius 2 is 1.87 bits per heavy atom. The molecule has 0 bridgehead atoms. The summed E-state index contributed by atoms with van der Waals surface area (Å²) in [5.41, 5.74) is 2.53. The quantitative estimate of drug-likeness (QED) is 0.324. The van der Waals surface area contributed by atoms with Crippen molar-refractivity contribution >= 4 is 5.78 Å². The van der Waals surface area contributed by atoms with E-state index in [2.05, 4.69) is 31.3 Å². The molecule has 0 aromatic carbocycles. The van der Waals surface area contributed by atoms with Crippen LogP contribution in [-0.4, -0.2) is 12.3 Å². The zero-order chi connectivity index (χ0) is 16.9. The van der Waals surface area contributed by atoms with Gasteiger partial charge in [-0.15, -0.1) is 0 Å². The third-order valence-corrected chi connectivity index (χ3v) is 4.34. The van der Waals surface area contributed by atoms with Crippen molar-refractivity contribution in [2.24, 2.45) is 0 Å². The summed E-state index contributed by atoms with van der Waals surface area (Å²) >= 11 is 0. The minimum absolute atomic E-state index is 0.0297. The molecule has 0 aromatic rings. The van der Waals surface area contributed by atoms with E-state index in [4.69, 9.17) is 0 Å². The Balaban J connectivity index is 2.63. The normalized spacial score (nSPS) is 16.5. The first kappa shape index (κ1) is 19.5. The fraction of sp³-hybridized carbons (Fsp3) is 0.700. The minimum Gasteiger partial charge on any atom is -0.388 e. The Morgan fingerprint density at radius 3 is 2.57 bits per heavy atom. The number of rotatable bonds is 11. The zero-order valence-corrected chi connectivity index (χ0v) is 14.9. The molecule has 3 heteroatoms. The maximum absolute atomic E-state index is 12.3. The summed E-state index contributed by atoms with van der Waals surface area (Å²) in [5.74, 6) is 0.0297. The van der Waals surface area contributed by atoms with Gasteiger partial charge in [0.1, 0.15) is 6.07 Å². The summed E-state index contributed by atoms with van der Waals surface area (Å²) in [4.78, 5) is 12.3. The fourth-order valence-corrected chi connectivity index (χ4v) is 2.94. The average Bonchev–Trinajstić information content (AvgIpc) is 2.57. The number of allylic oxidation sites excluding steroid dienone is 4. The topological polar surface area (TPSA) is 52.9 Å². The van der Waals surface area contributed by atoms with E-state index in [1.807, 2.05) is 0 Å². The van der Waals surface area contributed by atoms with Crippen LogP contribution in [0.3, 0.4) is 0 Å². The maximum atomic E-state index is 12.3. The fourth-order valence-electron chi connectivity index (χ4n) is 2.94. The van der Waals surface area contributed by atoms with Crippen molar-refractivity contribution in [1.82, 2.24) is 5.32 Å². The molecule has 1 N–H and O–H groups in total. The third kappa shape index (κ3) is 7.50. The molecule has 0 aromatic heterocycles. The molecule has 0 unspecified atom stereocenters. The molecule has 23 heavy (non-hydrogen) atoms. The number of nitrogens with zero attached hydrogens (tertiary/aromatic N) is 1. The van der Waals surface area contributed by atoms with Gasteiger partial charge < -0.3 is 5.32 Å². The van der Waals surface area contributed by atoms with E-state index < -0.39 is 0 Å². The molecular formula is C20H32N2O. The number of carbonyl (C=O) groups is 1. The SMILES string of the molecule is CCCCCCC(=O)/C(C#N)=C1\C=C(NCCCCC)CCC1. The molecule has 1 rings (SSSR count). The van der Waals surface area contributed by atoms with E-state index in [0.29, 0.717) is 12.0 Å². The first-order chi connectivity index (χ1) is 11.2. The van der Waals surface area contributed by atoms with Gasteiger partial charge in [0.2, 0.25) is 0 Å². The van der Waals surface area contributed by atoms with E-state index in [9.17, 15) is 10.1 Å². The summed E-state index contributed by atoms with van der Waals surface area (Å²) in [7, 11) is 0. The molecule has 1 aliphatic carbocycles. The maximum Gasteiger partial charge on any atom is 0.173 e. The molecule has 0 amide bonds. The van der Waals surface area contributed by atoms with Crippen molar-refractivity contribution in [2.75, 3.05) is 6.54 Å². The second kappa shape index (κ2) is 11.9. The molecule has 0 saturated heterocycles. The van der Waals surface area contributed by atoms with Crippen LogP contribution in [0.5, 0.6) is 0 Å². The van der Waals surface area contributed by atoms with Gasteiger partial charge in [-0.3, -0.25) is 4.79 Å². The van der Waals surface area contributed by atoms with Gasteiger partial charge in [0, 0.05) is 18.7 Å².